The van der Waals surface area contributed by atoms with E-state index in [0.29, 0.717) is 34.5 Å². The summed E-state index contributed by atoms with van der Waals surface area (Å²) in [5.74, 6) is 0.438. The molecule has 0 unspecified atom stereocenters. The van der Waals surface area contributed by atoms with Crippen LogP contribution in [0.2, 0.25) is 5.02 Å². The fourth-order valence-corrected chi connectivity index (χ4v) is 3.52. The van der Waals surface area contributed by atoms with Crippen LogP contribution in [0, 0.1) is 0 Å². The number of carbonyl (C=O) groups is 1. The van der Waals surface area contributed by atoms with Crippen LogP contribution >= 0.6 is 11.6 Å². The van der Waals surface area contributed by atoms with E-state index in [1.54, 1.807) is 34.9 Å². The van der Waals surface area contributed by atoms with E-state index in [9.17, 15) is 9.59 Å². The zero-order chi connectivity index (χ0) is 19.7. The van der Waals surface area contributed by atoms with Gasteiger partial charge >= 0.3 is 0 Å². The number of nitrogens with zero attached hydrogens (tertiary/aromatic N) is 3. The number of hydrogen-bond acceptors (Lipinski definition) is 4. The van der Waals surface area contributed by atoms with Gasteiger partial charge < -0.3 is 0 Å². The van der Waals surface area contributed by atoms with E-state index in [-0.39, 0.29) is 11.5 Å². The first-order chi connectivity index (χ1) is 13.6. The van der Waals surface area contributed by atoms with Crippen LogP contribution in [0.15, 0.2) is 52.4 Å². The van der Waals surface area contributed by atoms with Gasteiger partial charge in [-0.15, -0.1) is 0 Å². The van der Waals surface area contributed by atoms with Gasteiger partial charge in [0.25, 0.3) is 11.5 Å². The van der Waals surface area contributed by atoms with Crippen LogP contribution in [0.5, 0.6) is 0 Å². The third-order valence-corrected chi connectivity index (χ3v) is 5.14. The minimum Gasteiger partial charge on any atom is -0.296 e. The molecular formula is C21H19ClN4O2. The number of benzene rings is 2. The first-order valence-electron chi connectivity index (χ1n) is 9.23. The molecule has 28 heavy (non-hydrogen) atoms. The molecule has 3 aromatic rings. The van der Waals surface area contributed by atoms with Gasteiger partial charge in [0, 0.05) is 23.6 Å². The van der Waals surface area contributed by atoms with Crippen molar-refractivity contribution >= 4 is 34.1 Å². The Balaban J connectivity index is 1.61. The van der Waals surface area contributed by atoms with Crippen LogP contribution < -0.4 is 11.0 Å². The second-order valence-corrected chi connectivity index (χ2v) is 7.12. The maximum Gasteiger partial charge on any atom is 0.271 e. The van der Waals surface area contributed by atoms with Crippen LogP contribution in [-0.2, 0) is 13.0 Å². The fourth-order valence-electron chi connectivity index (χ4n) is 3.40. The lowest BCUT2D eigenvalue weighted by Gasteiger charge is -2.08. The molecule has 0 saturated carbocycles. The number of hydrazone groups is 1. The van der Waals surface area contributed by atoms with Crippen molar-refractivity contribution in [2.24, 2.45) is 5.10 Å². The Labute approximate surface area is 166 Å². The lowest BCUT2D eigenvalue weighted by molar-refractivity contribution is 0.0955. The van der Waals surface area contributed by atoms with Crippen LogP contribution in [-0.4, -0.2) is 21.2 Å². The standard InChI is InChI=1S/C21H19ClN4O2/c1-2-17(13-5-8-15(22)9-6-13)24-25-20(27)14-7-10-16-18(12-14)23-19-4-3-11-26(19)21(16)28/h5-10,12H,2-4,11H2,1H3,(H,25,27)/b24-17-. The zero-order valence-electron chi connectivity index (χ0n) is 15.4. The van der Waals surface area contributed by atoms with Crippen LogP contribution in [0.3, 0.4) is 0 Å². The van der Waals surface area contributed by atoms with E-state index in [1.165, 1.54) is 0 Å². The van der Waals surface area contributed by atoms with Crippen LogP contribution in [0.1, 0.15) is 41.5 Å². The molecule has 0 saturated heterocycles. The quantitative estimate of drug-likeness (QED) is 0.543. The Morgan fingerprint density at radius 2 is 1.96 bits per heavy atom. The van der Waals surface area contributed by atoms with Gasteiger partial charge in [-0.05, 0) is 48.7 Å². The molecule has 1 aliphatic heterocycles. The minimum absolute atomic E-state index is 0.0431. The highest BCUT2D eigenvalue weighted by molar-refractivity contribution is 6.30. The lowest BCUT2D eigenvalue weighted by Crippen LogP contribution is -2.22. The van der Waals surface area contributed by atoms with Gasteiger partial charge in [0.15, 0.2) is 0 Å². The normalized spacial score (nSPS) is 13.6. The topological polar surface area (TPSA) is 76.3 Å². The first-order valence-corrected chi connectivity index (χ1v) is 9.61. The Morgan fingerprint density at radius 3 is 2.71 bits per heavy atom. The van der Waals surface area contributed by atoms with Crippen molar-refractivity contribution in [1.82, 2.24) is 15.0 Å². The Kier molecular flexibility index (Phi) is 4.96. The lowest BCUT2D eigenvalue weighted by atomic mass is 10.1. The number of aryl methyl sites for hydroxylation is 1. The third kappa shape index (κ3) is 3.43. The Hall–Kier alpha value is -2.99. The summed E-state index contributed by atoms with van der Waals surface area (Å²) in [6.45, 7) is 2.67. The molecule has 0 atom stereocenters. The molecule has 6 nitrogen and oxygen atoms in total. The number of halogens is 1. The van der Waals surface area contributed by atoms with Crippen molar-refractivity contribution in [3.8, 4) is 0 Å². The summed E-state index contributed by atoms with van der Waals surface area (Å²) in [6.07, 6.45) is 2.36. The molecule has 0 bridgehead atoms. The van der Waals surface area contributed by atoms with E-state index in [1.807, 2.05) is 19.1 Å². The Morgan fingerprint density at radius 1 is 1.21 bits per heavy atom. The fraction of sp³-hybridized carbons (Fsp3) is 0.238. The summed E-state index contributed by atoms with van der Waals surface area (Å²) in [5.41, 5.74) is 5.16. The number of fused-ring (bicyclic) bond motifs is 2. The summed E-state index contributed by atoms with van der Waals surface area (Å²) in [6, 6.07) is 12.2. The van der Waals surface area contributed by atoms with Crippen molar-refractivity contribution in [1.29, 1.82) is 0 Å². The van der Waals surface area contributed by atoms with Crippen molar-refractivity contribution < 1.29 is 4.79 Å². The van der Waals surface area contributed by atoms with E-state index < -0.39 is 0 Å². The van der Waals surface area contributed by atoms with Gasteiger partial charge in [-0.25, -0.2) is 10.4 Å². The Bertz CT molecular complexity index is 1150. The summed E-state index contributed by atoms with van der Waals surface area (Å²) in [4.78, 5) is 29.7. The molecule has 0 fully saturated rings. The van der Waals surface area contributed by atoms with Crippen molar-refractivity contribution in [3.05, 3.63) is 74.8 Å². The van der Waals surface area contributed by atoms with E-state index in [2.05, 4.69) is 15.5 Å². The summed E-state index contributed by atoms with van der Waals surface area (Å²) >= 11 is 5.92. The predicted octanol–water partition coefficient (Wildman–Crippen LogP) is 3.54. The molecule has 0 spiro atoms. The molecule has 7 heteroatoms. The van der Waals surface area contributed by atoms with Gasteiger partial charge in [0.2, 0.25) is 0 Å². The summed E-state index contributed by atoms with van der Waals surface area (Å²) in [5, 5.41) is 5.44. The number of amides is 1. The first kappa shape index (κ1) is 18.4. The second-order valence-electron chi connectivity index (χ2n) is 6.68. The number of hydrogen-bond donors (Lipinski definition) is 1. The molecule has 2 aromatic carbocycles. The average molecular weight is 395 g/mol. The molecule has 4 rings (SSSR count). The number of carbonyl (C=O) groups excluding carboxylic acids is 1. The molecular weight excluding hydrogens is 376 g/mol. The largest absolute Gasteiger partial charge is 0.296 e. The van der Waals surface area contributed by atoms with Gasteiger partial charge in [0.1, 0.15) is 5.82 Å². The summed E-state index contributed by atoms with van der Waals surface area (Å²) in [7, 11) is 0. The van der Waals surface area contributed by atoms with E-state index in [0.717, 1.165) is 29.9 Å². The molecule has 0 radical (unpaired) electrons. The molecule has 1 aliphatic rings. The highest BCUT2D eigenvalue weighted by Crippen LogP contribution is 2.16. The third-order valence-electron chi connectivity index (χ3n) is 4.88. The second kappa shape index (κ2) is 7.56. The van der Waals surface area contributed by atoms with Crippen LogP contribution in [0.4, 0.5) is 0 Å². The number of aromatic nitrogens is 2. The van der Waals surface area contributed by atoms with Gasteiger partial charge in [-0.2, -0.15) is 5.10 Å². The maximum absolute atomic E-state index is 12.6. The van der Waals surface area contributed by atoms with E-state index in [4.69, 9.17) is 11.6 Å². The van der Waals surface area contributed by atoms with Crippen LogP contribution in [0.25, 0.3) is 10.9 Å². The maximum atomic E-state index is 12.6. The monoisotopic (exact) mass is 394 g/mol. The number of nitrogens with one attached hydrogen (secondary N) is 1. The van der Waals surface area contributed by atoms with E-state index >= 15 is 0 Å². The highest BCUT2D eigenvalue weighted by atomic mass is 35.5. The summed E-state index contributed by atoms with van der Waals surface area (Å²) < 4.78 is 1.71. The minimum atomic E-state index is -0.343. The molecule has 2 heterocycles. The van der Waals surface area contributed by atoms with Crippen molar-refractivity contribution in [3.63, 3.8) is 0 Å². The molecule has 0 aliphatic carbocycles. The molecule has 142 valence electrons. The predicted molar refractivity (Wildman–Crippen MR) is 110 cm³/mol. The SMILES string of the molecule is CC/C(=N/NC(=O)c1ccc2c(=O)n3c(nc2c1)CCC3)c1ccc(Cl)cc1. The smallest absolute Gasteiger partial charge is 0.271 e. The highest BCUT2D eigenvalue weighted by Gasteiger charge is 2.17. The molecule has 1 aromatic heterocycles. The molecule has 1 amide bonds. The van der Waals surface area contributed by atoms with Gasteiger partial charge in [-0.3, -0.25) is 14.2 Å². The van der Waals surface area contributed by atoms with Gasteiger partial charge in [-0.1, -0.05) is 30.7 Å². The van der Waals surface area contributed by atoms with Crippen molar-refractivity contribution in [2.75, 3.05) is 0 Å². The van der Waals surface area contributed by atoms with Gasteiger partial charge in [0.05, 0.1) is 16.6 Å². The molecule has 1 N–H and O–H groups in total. The zero-order valence-corrected chi connectivity index (χ0v) is 16.2. The van der Waals surface area contributed by atoms with Crippen molar-refractivity contribution in [2.45, 2.75) is 32.7 Å². The number of rotatable bonds is 4. The average Bonchev–Trinajstić information content (AvgIpc) is 3.18.